The second-order valence-corrected chi connectivity index (χ2v) is 7.86. The molecule has 0 radical (unpaired) electrons. The molecule has 0 unspecified atom stereocenters. The summed E-state index contributed by atoms with van der Waals surface area (Å²) < 4.78 is 0. The highest BCUT2D eigenvalue weighted by molar-refractivity contribution is 5.88. The molecule has 0 aliphatic carbocycles. The Kier molecular flexibility index (Phi) is 14.7. The Bertz CT molecular complexity index is 487. The fourth-order valence-electron chi connectivity index (χ4n) is 3.67. The van der Waals surface area contributed by atoms with E-state index in [9.17, 15) is 4.79 Å². The van der Waals surface area contributed by atoms with E-state index in [0.717, 1.165) is 18.5 Å². The third kappa shape index (κ3) is 12.6. The molecule has 0 spiro atoms. The predicted octanol–water partition coefficient (Wildman–Crippen LogP) is 7.58. The van der Waals surface area contributed by atoms with Crippen molar-refractivity contribution in [2.75, 3.05) is 0 Å². The molecule has 0 fully saturated rings. The Morgan fingerprint density at radius 3 is 1.67 bits per heavy atom. The van der Waals surface area contributed by atoms with Crippen LogP contribution in [0.2, 0.25) is 0 Å². The van der Waals surface area contributed by atoms with Crippen LogP contribution >= 0.6 is 0 Å². The number of aromatic nitrogens is 1. The summed E-state index contributed by atoms with van der Waals surface area (Å²) in [6.07, 6.45) is 24.1. The van der Waals surface area contributed by atoms with Gasteiger partial charge in [0.25, 0.3) is 0 Å². The lowest BCUT2D eigenvalue weighted by Gasteiger charge is -2.05. The molecule has 1 rings (SSSR count). The lowest BCUT2D eigenvalue weighted by atomic mass is 10.0. The summed E-state index contributed by atoms with van der Waals surface area (Å²) in [5, 5.41) is 9.16. The van der Waals surface area contributed by atoms with E-state index in [1.54, 1.807) is 18.3 Å². The van der Waals surface area contributed by atoms with Crippen molar-refractivity contribution in [2.24, 2.45) is 0 Å². The average Bonchev–Trinajstić information content (AvgIpc) is 2.68. The van der Waals surface area contributed by atoms with E-state index in [1.165, 1.54) is 96.3 Å². The van der Waals surface area contributed by atoms with E-state index in [4.69, 9.17) is 5.11 Å². The minimum atomic E-state index is -0.866. The number of nitrogens with zero attached hydrogens (tertiary/aromatic N) is 1. The quantitative estimate of drug-likeness (QED) is 0.269. The van der Waals surface area contributed by atoms with Gasteiger partial charge in [-0.25, -0.2) is 4.79 Å². The van der Waals surface area contributed by atoms with Crippen LogP contribution < -0.4 is 0 Å². The molecule has 0 atom stereocenters. The highest BCUT2D eigenvalue weighted by Crippen LogP contribution is 2.15. The van der Waals surface area contributed by atoms with E-state index < -0.39 is 5.97 Å². The number of pyridine rings is 1. The number of aromatic carboxylic acids is 1. The summed E-state index contributed by atoms with van der Waals surface area (Å²) in [4.78, 5) is 15.4. The molecule has 1 aromatic heterocycles. The number of aryl methyl sites for hydroxylation is 1. The van der Waals surface area contributed by atoms with Gasteiger partial charge < -0.3 is 5.11 Å². The SMILES string of the molecule is CCCCCCCCCCCCCCCCCCc1ncccc1C(=O)O. The highest BCUT2D eigenvalue weighted by atomic mass is 16.4. The number of rotatable bonds is 18. The third-order valence-electron chi connectivity index (χ3n) is 5.39. The standard InChI is InChI=1S/C24H41NO2/c1-2-3-4-5-6-7-8-9-10-11-12-13-14-15-16-17-20-23-22(24(26)27)19-18-21-25-23/h18-19,21H,2-17,20H2,1H3,(H,26,27). The van der Waals surface area contributed by atoms with Gasteiger partial charge in [-0.1, -0.05) is 103 Å². The molecule has 27 heavy (non-hydrogen) atoms. The van der Waals surface area contributed by atoms with Crippen molar-refractivity contribution in [3.8, 4) is 0 Å². The van der Waals surface area contributed by atoms with Crippen LogP contribution in [-0.4, -0.2) is 16.1 Å². The average molecular weight is 376 g/mol. The van der Waals surface area contributed by atoms with Crippen LogP contribution in [0.5, 0.6) is 0 Å². The third-order valence-corrected chi connectivity index (χ3v) is 5.39. The maximum absolute atomic E-state index is 11.2. The van der Waals surface area contributed by atoms with Gasteiger partial charge in [0.15, 0.2) is 0 Å². The molecule has 0 aliphatic heterocycles. The molecular weight excluding hydrogens is 334 g/mol. The Labute approximate surface area is 167 Å². The summed E-state index contributed by atoms with van der Waals surface area (Å²) in [6.45, 7) is 2.28. The molecule has 3 nitrogen and oxygen atoms in total. The van der Waals surface area contributed by atoms with E-state index in [1.807, 2.05) is 0 Å². The molecule has 0 aromatic carbocycles. The number of hydrogen-bond acceptors (Lipinski definition) is 2. The van der Waals surface area contributed by atoms with Crippen LogP contribution in [0.1, 0.15) is 126 Å². The Hall–Kier alpha value is -1.38. The number of carboxylic acids is 1. The Morgan fingerprint density at radius 2 is 1.22 bits per heavy atom. The first-order chi connectivity index (χ1) is 13.3. The highest BCUT2D eigenvalue weighted by Gasteiger charge is 2.09. The molecule has 0 aliphatic rings. The van der Waals surface area contributed by atoms with Crippen molar-refractivity contribution in [1.29, 1.82) is 0 Å². The minimum absolute atomic E-state index is 0.360. The monoisotopic (exact) mass is 375 g/mol. The van der Waals surface area contributed by atoms with Gasteiger partial charge in [0, 0.05) is 6.20 Å². The van der Waals surface area contributed by atoms with Crippen LogP contribution in [0.3, 0.4) is 0 Å². The van der Waals surface area contributed by atoms with Gasteiger partial charge in [-0.15, -0.1) is 0 Å². The largest absolute Gasteiger partial charge is 0.478 e. The molecule has 3 heteroatoms. The Balaban J connectivity index is 1.85. The second kappa shape index (κ2) is 16.8. The fraction of sp³-hybridized carbons (Fsp3) is 0.750. The van der Waals surface area contributed by atoms with Crippen molar-refractivity contribution in [3.05, 3.63) is 29.6 Å². The van der Waals surface area contributed by atoms with E-state index in [0.29, 0.717) is 5.56 Å². The summed E-state index contributed by atoms with van der Waals surface area (Å²) in [6, 6.07) is 3.34. The molecule has 0 saturated carbocycles. The van der Waals surface area contributed by atoms with Crippen LogP contribution in [0, 0.1) is 0 Å². The van der Waals surface area contributed by atoms with Gasteiger partial charge in [-0.2, -0.15) is 0 Å². The topological polar surface area (TPSA) is 50.2 Å². The normalized spacial score (nSPS) is 11.0. The molecule has 0 bridgehead atoms. The lowest BCUT2D eigenvalue weighted by Crippen LogP contribution is -2.04. The first-order valence-electron chi connectivity index (χ1n) is 11.4. The fourth-order valence-corrected chi connectivity index (χ4v) is 3.67. The predicted molar refractivity (Wildman–Crippen MR) is 114 cm³/mol. The summed E-state index contributed by atoms with van der Waals surface area (Å²) in [5.74, 6) is -0.866. The van der Waals surface area contributed by atoms with E-state index >= 15 is 0 Å². The molecular formula is C24H41NO2. The van der Waals surface area contributed by atoms with Gasteiger partial charge >= 0.3 is 5.97 Å². The summed E-state index contributed by atoms with van der Waals surface area (Å²) >= 11 is 0. The number of hydrogen-bond donors (Lipinski definition) is 1. The van der Waals surface area contributed by atoms with Crippen molar-refractivity contribution < 1.29 is 9.90 Å². The van der Waals surface area contributed by atoms with Crippen molar-refractivity contribution in [1.82, 2.24) is 4.98 Å². The zero-order chi connectivity index (χ0) is 19.6. The minimum Gasteiger partial charge on any atom is -0.478 e. The van der Waals surface area contributed by atoms with Crippen molar-refractivity contribution in [2.45, 2.75) is 116 Å². The maximum atomic E-state index is 11.2. The molecule has 0 amide bonds. The first kappa shape index (κ1) is 23.7. The zero-order valence-corrected chi connectivity index (χ0v) is 17.6. The summed E-state index contributed by atoms with van der Waals surface area (Å²) in [5.41, 5.74) is 1.09. The number of carboxylic acid groups (broad SMARTS) is 1. The van der Waals surface area contributed by atoms with Crippen LogP contribution in [-0.2, 0) is 6.42 Å². The molecule has 154 valence electrons. The first-order valence-corrected chi connectivity index (χ1v) is 11.4. The maximum Gasteiger partial charge on any atom is 0.337 e. The molecule has 0 saturated heterocycles. The Morgan fingerprint density at radius 1 is 0.778 bits per heavy atom. The molecule has 1 aromatic rings. The smallest absolute Gasteiger partial charge is 0.337 e. The second-order valence-electron chi connectivity index (χ2n) is 7.86. The molecule has 1 heterocycles. The lowest BCUT2D eigenvalue weighted by molar-refractivity contribution is 0.0695. The van der Waals surface area contributed by atoms with Gasteiger partial charge in [0.05, 0.1) is 11.3 Å². The molecule has 1 N–H and O–H groups in total. The van der Waals surface area contributed by atoms with Gasteiger partial charge in [-0.05, 0) is 25.0 Å². The van der Waals surface area contributed by atoms with Crippen LogP contribution in [0.25, 0.3) is 0 Å². The summed E-state index contributed by atoms with van der Waals surface area (Å²) in [7, 11) is 0. The van der Waals surface area contributed by atoms with Crippen molar-refractivity contribution in [3.63, 3.8) is 0 Å². The van der Waals surface area contributed by atoms with Crippen molar-refractivity contribution >= 4 is 5.97 Å². The van der Waals surface area contributed by atoms with Gasteiger partial charge in [0.1, 0.15) is 0 Å². The van der Waals surface area contributed by atoms with Gasteiger partial charge in [0.2, 0.25) is 0 Å². The number of unbranched alkanes of at least 4 members (excludes halogenated alkanes) is 15. The zero-order valence-electron chi connectivity index (χ0n) is 17.6. The van der Waals surface area contributed by atoms with E-state index in [-0.39, 0.29) is 0 Å². The van der Waals surface area contributed by atoms with Gasteiger partial charge in [-0.3, -0.25) is 4.98 Å². The van der Waals surface area contributed by atoms with Crippen LogP contribution in [0.4, 0.5) is 0 Å². The van der Waals surface area contributed by atoms with E-state index in [2.05, 4.69) is 11.9 Å². The number of carbonyl (C=O) groups is 1. The van der Waals surface area contributed by atoms with Crippen LogP contribution in [0.15, 0.2) is 18.3 Å².